The highest BCUT2D eigenvalue weighted by Crippen LogP contribution is 2.19. The molecule has 11 nitrogen and oxygen atoms in total. The Hall–Kier alpha value is -4.22. The second-order valence-corrected chi connectivity index (χ2v) is 11.2. The molecule has 4 N–H and O–H groups in total. The first-order chi connectivity index (χ1) is 22.4. The van der Waals surface area contributed by atoms with Crippen LogP contribution in [-0.2, 0) is 41.6 Å². The number of hydrogen-bond donors (Lipinski definition) is 4. The minimum absolute atomic E-state index is 0.00718. The third-order valence-electron chi connectivity index (χ3n) is 7.51. The van der Waals surface area contributed by atoms with Gasteiger partial charge >= 0.3 is 12.1 Å². The lowest BCUT2D eigenvalue weighted by Crippen LogP contribution is -2.44. The van der Waals surface area contributed by atoms with Crippen molar-refractivity contribution in [3.63, 3.8) is 0 Å². The molecule has 0 fully saturated rings. The fourth-order valence-electron chi connectivity index (χ4n) is 4.99. The van der Waals surface area contributed by atoms with Crippen molar-refractivity contribution in [2.45, 2.75) is 57.6 Å². The number of esters is 1. The maximum atomic E-state index is 13.4. The van der Waals surface area contributed by atoms with Gasteiger partial charge in [-0.3, -0.25) is 14.4 Å². The number of cyclic esters (lactones) is 1. The van der Waals surface area contributed by atoms with Crippen LogP contribution < -0.4 is 16.0 Å². The first kappa shape index (κ1) is 36.3. The van der Waals surface area contributed by atoms with E-state index >= 15 is 0 Å². The zero-order chi connectivity index (χ0) is 32.8. The van der Waals surface area contributed by atoms with E-state index in [1.54, 1.807) is 0 Å². The van der Waals surface area contributed by atoms with E-state index in [0.717, 1.165) is 11.1 Å². The fraction of sp³-hybridized carbons (Fsp3) is 0.486. The van der Waals surface area contributed by atoms with Gasteiger partial charge in [-0.25, -0.2) is 4.79 Å². The first-order valence-corrected chi connectivity index (χ1v) is 16.0. The largest absolute Gasteiger partial charge is 0.463 e. The molecule has 1 heterocycles. The molecule has 0 spiro atoms. The maximum absolute atomic E-state index is 13.4. The molecule has 3 amide bonds. The molecule has 0 saturated heterocycles. The van der Waals surface area contributed by atoms with Crippen LogP contribution in [0.5, 0.6) is 0 Å². The maximum Gasteiger partial charge on any atom is 0.407 e. The van der Waals surface area contributed by atoms with Gasteiger partial charge in [0, 0.05) is 19.5 Å². The van der Waals surface area contributed by atoms with Crippen molar-refractivity contribution >= 4 is 23.9 Å². The summed E-state index contributed by atoms with van der Waals surface area (Å²) in [6, 6.07) is 18.7. The lowest BCUT2D eigenvalue weighted by Gasteiger charge is -2.24. The van der Waals surface area contributed by atoms with E-state index in [9.17, 15) is 19.2 Å². The van der Waals surface area contributed by atoms with Gasteiger partial charge in [0.25, 0.3) is 0 Å². The van der Waals surface area contributed by atoms with Crippen molar-refractivity contribution in [3.8, 4) is 0 Å². The number of alkyl carbamates (subject to hydrolysis) is 1. The molecule has 0 saturated carbocycles. The van der Waals surface area contributed by atoms with Crippen LogP contribution in [0.15, 0.2) is 72.8 Å². The van der Waals surface area contributed by atoms with Crippen LogP contribution in [0.3, 0.4) is 0 Å². The first-order valence-electron chi connectivity index (χ1n) is 16.0. The van der Waals surface area contributed by atoms with Gasteiger partial charge in [0.1, 0.15) is 13.2 Å². The highest BCUT2D eigenvalue weighted by atomic mass is 16.5. The number of carbonyl (C=O) groups is 4. The fourth-order valence-corrected chi connectivity index (χ4v) is 4.99. The molecule has 3 atom stereocenters. The summed E-state index contributed by atoms with van der Waals surface area (Å²) in [4.78, 5) is 51.2. The van der Waals surface area contributed by atoms with Gasteiger partial charge in [-0.2, -0.15) is 0 Å². The summed E-state index contributed by atoms with van der Waals surface area (Å²) >= 11 is 0. The van der Waals surface area contributed by atoms with Crippen LogP contribution >= 0.6 is 0 Å². The molecule has 0 aliphatic carbocycles. The summed E-state index contributed by atoms with van der Waals surface area (Å²) in [5.41, 5.74) is 1.93. The molecule has 2 aromatic carbocycles. The Kier molecular flexibility index (Phi) is 16.9. The number of unbranched alkanes of at least 4 members (excludes halogenated alkanes) is 1. The van der Waals surface area contributed by atoms with E-state index in [2.05, 4.69) is 16.0 Å². The van der Waals surface area contributed by atoms with Crippen LogP contribution in [0.25, 0.3) is 0 Å². The molecular formula is C35H47N3O8. The van der Waals surface area contributed by atoms with Gasteiger partial charge in [-0.1, -0.05) is 72.8 Å². The molecule has 0 radical (unpaired) electrons. The smallest absolute Gasteiger partial charge is 0.407 e. The van der Waals surface area contributed by atoms with E-state index < -0.39 is 18.1 Å². The van der Waals surface area contributed by atoms with Crippen LogP contribution in [0, 0.1) is 11.8 Å². The molecule has 46 heavy (non-hydrogen) atoms. The number of carbonyl (C=O) groups excluding carboxylic acids is 4. The van der Waals surface area contributed by atoms with Crippen molar-refractivity contribution in [2.75, 3.05) is 39.5 Å². The van der Waals surface area contributed by atoms with Crippen molar-refractivity contribution in [1.82, 2.24) is 16.0 Å². The Labute approximate surface area is 271 Å². The van der Waals surface area contributed by atoms with Crippen LogP contribution in [-0.4, -0.2) is 74.5 Å². The quantitative estimate of drug-likeness (QED) is 0.124. The summed E-state index contributed by atoms with van der Waals surface area (Å²) in [5.74, 6) is -1.89. The highest BCUT2D eigenvalue weighted by Gasteiger charge is 2.26. The normalized spacial score (nSPS) is 18.8. The zero-order valence-electron chi connectivity index (χ0n) is 26.4. The minimum Gasteiger partial charge on any atom is -0.463 e. The van der Waals surface area contributed by atoms with Crippen LogP contribution in [0.2, 0.25) is 0 Å². The molecular weight excluding hydrogens is 590 g/mol. The van der Waals surface area contributed by atoms with Crippen molar-refractivity contribution in [3.05, 3.63) is 83.9 Å². The van der Waals surface area contributed by atoms with Gasteiger partial charge in [-0.15, -0.1) is 0 Å². The number of rotatable bonds is 16. The third kappa shape index (κ3) is 14.7. The second kappa shape index (κ2) is 21.5. The van der Waals surface area contributed by atoms with Gasteiger partial charge in [-0.05, 0) is 49.7 Å². The summed E-state index contributed by atoms with van der Waals surface area (Å²) in [6.07, 6.45) is 6.33. The average Bonchev–Trinajstić information content (AvgIpc) is 3.06. The number of ether oxygens (including phenoxy) is 3. The predicted molar refractivity (Wildman–Crippen MR) is 172 cm³/mol. The Morgan fingerprint density at radius 2 is 1.57 bits per heavy atom. The molecule has 1 aliphatic heterocycles. The standard InChI is InChI=1S/C35H47N3O8/c39-20-22-44-21-19-36-32(40)24-29-15-7-8-16-30(23-27-11-3-1-4-12-27)34(42)45-26-31(38-33(29)41)17-9-10-18-37-35(43)46-25-28-13-5-2-6-14-28/h1-8,11-14,29-31,39H,9-10,15-26H2,(H,36,40)(H,37,43)(H,38,41)/t29-,30-,31+/m1/s1. The van der Waals surface area contributed by atoms with Crippen molar-refractivity contribution < 1.29 is 38.5 Å². The SMILES string of the molecule is O=C(C[C@H]1CC=CC[C@H](Cc2ccccc2)C(=O)OC[C@H](CCCCNC(=O)OCc2ccccc2)NC1=O)NCCOCCO. The highest BCUT2D eigenvalue weighted by molar-refractivity contribution is 5.86. The number of aliphatic hydroxyl groups excluding tert-OH is 1. The molecule has 0 bridgehead atoms. The molecule has 0 unspecified atom stereocenters. The van der Waals surface area contributed by atoms with Gasteiger partial charge in [0.05, 0.1) is 37.7 Å². The predicted octanol–water partition coefficient (Wildman–Crippen LogP) is 3.45. The Bertz CT molecular complexity index is 1220. The van der Waals surface area contributed by atoms with Gasteiger partial charge in [0.15, 0.2) is 0 Å². The average molecular weight is 638 g/mol. The van der Waals surface area contributed by atoms with E-state index in [0.29, 0.717) is 45.1 Å². The van der Waals surface area contributed by atoms with E-state index in [1.807, 2.05) is 72.8 Å². The minimum atomic E-state index is -0.610. The van der Waals surface area contributed by atoms with Crippen molar-refractivity contribution in [1.29, 1.82) is 0 Å². The van der Waals surface area contributed by atoms with Crippen molar-refractivity contribution in [2.24, 2.45) is 11.8 Å². The second-order valence-electron chi connectivity index (χ2n) is 11.2. The van der Waals surface area contributed by atoms with E-state index in [-0.39, 0.29) is 69.7 Å². The number of hydrogen-bond acceptors (Lipinski definition) is 8. The molecule has 11 heteroatoms. The van der Waals surface area contributed by atoms with E-state index in [1.165, 1.54) is 0 Å². The van der Waals surface area contributed by atoms with Crippen LogP contribution in [0.1, 0.15) is 49.7 Å². The van der Waals surface area contributed by atoms with E-state index in [4.69, 9.17) is 19.3 Å². The Morgan fingerprint density at radius 1 is 0.870 bits per heavy atom. The third-order valence-corrected chi connectivity index (χ3v) is 7.51. The summed E-state index contributed by atoms with van der Waals surface area (Å²) in [6.45, 7) is 1.22. The molecule has 1 aliphatic rings. The van der Waals surface area contributed by atoms with Crippen LogP contribution in [0.4, 0.5) is 4.79 Å². The summed E-state index contributed by atoms with van der Waals surface area (Å²) in [7, 11) is 0. The topological polar surface area (TPSA) is 152 Å². The molecule has 250 valence electrons. The monoisotopic (exact) mass is 637 g/mol. The number of benzene rings is 2. The number of nitrogens with one attached hydrogen (secondary N) is 3. The molecule has 3 rings (SSSR count). The molecule has 0 aromatic heterocycles. The summed E-state index contributed by atoms with van der Waals surface area (Å²) < 4.78 is 16.2. The zero-order valence-corrected chi connectivity index (χ0v) is 26.4. The lowest BCUT2D eigenvalue weighted by molar-refractivity contribution is -0.150. The summed E-state index contributed by atoms with van der Waals surface area (Å²) in [5, 5.41) is 17.3. The van der Waals surface area contributed by atoms with Gasteiger partial charge in [0.2, 0.25) is 11.8 Å². The molecule has 2 aromatic rings. The Morgan fingerprint density at radius 3 is 2.28 bits per heavy atom. The number of aliphatic hydroxyl groups is 1. The Balaban J connectivity index is 1.56. The lowest BCUT2D eigenvalue weighted by atomic mass is 9.94. The number of allylic oxidation sites excluding steroid dienone is 2. The number of amides is 3. The van der Waals surface area contributed by atoms with Gasteiger partial charge < -0.3 is 35.3 Å².